The van der Waals surface area contributed by atoms with Gasteiger partial charge in [-0.2, -0.15) is 0 Å². The maximum absolute atomic E-state index is 14.0. The highest BCUT2D eigenvalue weighted by Crippen LogP contribution is 2.13. The first kappa shape index (κ1) is 46.3. The number of rotatable bonds is 13. The number of aromatic hydroxyl groups is 1. The predicted molar refractivity (Wildman–Crippen MR) is 213 cm³/mol. The summed E-state index contributed by atoms with van der Waals surface area (Å²) < 4.78 is 0. The fourth-order valence-corrected chi connectivity index (χ4v) is 6.11. The Labute approximate surface area is 337 Å². The minimum absolute atomic E-state index is 0.0363. The molecule has 316 valence electrons. The Morgan fingerprint density at radius 1 is 0.741 bits per heavy atom. The first-order valence-corrected chi connectivity index (χ1v) is 19.3. The van der Waals surface area contributed by atoms with Crippen molar-refractivity contribution in [1.82, 2.24) is 37.2 Å². The summed E-state index contributed by atoms with van der Waals surface area (Å²) in [4.78, 5) is 107. The van der Waals surface area contributed by atoms with Gasteiger partial charge < -0.3 is 53.8 Å². The molecule has 3 rings (SSSR count). The van der Waals surface area contributed by atoms with Gasteiger partial charge in [0, 0.05) is 13.0 Å². The number of amides is 8. The zero-order chi connectivity index (χ0) is 43.1. The fourth-order valence-electron chi connectivity index (χ4n) is 6.11. The lowest BCUT2D eigenvalue weighted by molar-refractivity contribution is -0.137. The SMILES string of the molecule is CC(C)[C@@H]1NC(=O)[C@@H](NC(=O)[C@H](Cc2ccccc2)NC(=O)[C@@H](C)NC(=O)[C@@H](N)Cc2ccc(O)cc2)CC(=O)NCCC[C@H](C(N)=O)NC(=O)[C@@H](C(C)C)NC1=O. The van der Waals surface area contributed by atoms with E-state index in [1.165, 1.54) is 19.1 Å². The van der Waals surface area contributed by atoms with Crippen LogP contribution in [0.15, 0.2) is 54.6 Å². The van der Waals surface area contributed by atoms with Crippen LogP contribution in [0.3, 0.4) is 0 Å². The molecule has 0 aliphatic carbocycles. The third kappa shape index (κ3) is 14.5. The minimum atomic E-state index is -1.54. The van der Waals surface area contributed by atoms with Gasteiger partial charge in [-0.25, -0.2) is 0 Å². The van der Waals surface area contributed by atoms with E-state index < -0.39 is 108 Å². The lowest BCUT2D eigenvalue weighted by Crippen LogP contribution is -2.62. The number of primary amides is 1. The van der Waals surface area contributed by atoms with E-state index in [1.807, 2.05) is 0 Å². The Hall–Kier alpha value is -6.04. The van der Waals surface area contributed by atoms with E-state index in [1.54, 1.807) is 70.2 Å². The van der Waals surface area contributed by atoms with Gasteiger partial charge in [0.05, 0.1) is 12.5 Å². The molecule has 1 fully saturated rings. The molecule has 1 aliphatic heterocycles. The molecule has 0 saturated carbocycles. The maximum Gasteiger partial charge on any atom is 0.243 e. The summed E-state index contributed by atoms with van der Waals surface area (Å²) in [5, 5.41) is 27.8. The highest BCUT2D eigenvalue weighted by Gasteiger charge is 2.36. The lowest BCUT2D eigenvalue weighted by atomic mass is 9.98. The van der Waals surface area contributed by atoms with Crippen LogP contribution < -0.4 is 48.7 Å². The second-order valence-corrected chi connectivity index (χ2v) is 15.1. The summed E-state index contributed by atoms with van der Waals surface area (Å²) >= 11 is 0. The van der Waals surface area contributed by atoms with Gasteiger partial charge in [0.25, 0.3) is 0 Å². The molecule has 7 atom stereocenters. The van der Waals surface area contributed by atoms with Crippen LogP contribution in [0.5, 0.6) is 5.75 Å². The summed E-state index contributed by atoms with van der Waals surface area (Å²) in [7, 11) is 0. The van der Waals surface area contributed by atoms with Gasteiger partial charge in [-0.3, -0.25) is 38.4 Å². The number of nitrogens with two attached hydrogens (primary N) is 2. The molecule has 0 unspecified atom stereocenters. The largest absolute Gasteiger partial charge is 0.508 e. The zero-order valence-electron chi connectivity index (χ0n) is 33.5. The first-order chi connectivity index (χ1) is 27.4. The van der Waals surface area contributed by atoms with Gasteiger partial charge in [0.2, 0.25) is 47.3 Å². The van der Waals surface area contributed by atoms with Crippen LogP contribution in [0.4, 0.5) is 0 Å². The normalized spacial score (nSPS) is 21.3. The Balaban J connectivity index is 1.86. The number of phenols is 1. The molecule has 0 aromatic heterocycles. The molecule has 58 heavy (non-hydrogen) atoms. The maximum atomic E-state index is 14.0. The first-order valence-electron chi connectivity index (χ1n) is 19.3. The molecular formula is C40H57N9O9. The molecule has 2 aromatic carbocycles. The van der Waals surface area contributed by atoms with Crippen molar-refractivity contribution in [2.24, 2.45) is 23.3 Å². The average molecular weight is 808 g/mol. The van der Waals surface area contributed by atoms with E-state index in [4.69, 9.17) is 11.5 Å². The van der Waals surface area contributed by atoms with Crippen molar-refractivity contribution in [1.29, 1.82) is 0 Å². The molecule has 0 spiro atoms. The minimum Gasteiger partial charge on any atom is -0.508 e. The van der Waals surface area contributed by atoms with Crippen molar-refractivity contribution < 1.29 is 43.5 Å². The Morgan fingerprint density at radius 2 is 1.31 bits per heavy atom. The molecule has 2 aromatic rings. The van der Waals surface area contributed by atoms with Gasteiger partial charge in [-0.15, -0.1) is 0 Å². The van der Waals surface area contributed by atoms with E-state index >= 15 is 0 Å². The van der Waals surface area contributed by atoms with Crippen LogP contribution >= 0.6 is 0 Å². The summed E-state index contributed by atoms with van der Waals surface area (Å²) in [6, 6.07) is 6.39. The quantitative estimate of drug-likeness (QED) is 0.112. The van der Waals surface area contributed by atoms with Crippen LogP contribution in [-0.4, -0.2) is 101 Å². The van der Waals surface area contributed by atoms with Crippen molar-refractivity contribution in [3.8, 4) is 5.75 Å². The molecule has 8 amide bonds. The van der Waals surface area contributed by atoms with Gasteiger partial charge in [0.15, 0.2) is 0 Å². The Morgan fingerprint density at radius 3 is 1.90 bits per heavy atom. The lowest BCUT2D eigenvalue weighted by Gasteiger charge is -2.30. The summed E-state index contributed by atoms with van der Waals surface area (Å²) in [6.45, 7) is 8.15. The fraction of sp³-hybridized carbons (Fsp3) is 0.500. The summed E-state index contributed by atoms with van der Waals surface area (Å²) in [6.07, 6.45) is -0.210. The number of carbonyl (C=O) groups is 8. The number of phenolic OH excluding ortho intramolecular Hbond substituents is 1. The van der Waals surface area contributed by atoms with E-state index in [0.717, 1.165) is 0 Å². The van der Waals surface area contributed by atoms with Crippen LogP contribution in [-0.2, 0) is 51.2 Å². The smallest absolute Gasteiger partial charge is 0.243 e. The molecule has 1 aliphatic rings. The third-order valence-electron chi connectivity index (χ3n) is 9.56. The van der Waals surface area contributed by atoms with E-state index in [-0.39, 0.29) is 38.0 Å². The standard InChI is InChI=1S/C40H57N9O9/c1-21(2)32-39(57)45-28(34(42)52)12-9-17-43-31(51)20-30(38(56)48-33(22(3)4)40(58)49-32)47-37(55)29(19-24-10-7-6-8-11-24)46-35(53)23(5)44-36(54)27(41)18-25-13-15-26(50)16-14-25/h6-8,10-11,13-16,21-23,27-30,32-33,50H,9,12,17-20,41H2,1-5H3,(H2,42,52)(H,43,51)(H,44,54)(H,45,57)(H,46,53)(H,47,55)(H,48,56)(H,49,58)/t23-,27+,28-,29+,30+,32-,33+/m1/s1. The molecule has 1 heterocycles. The number of benzene rings is 2. The molecular weight excluding hydrogens is 750 g/mol. The number of nitrogens with one attached hydrogen (secondary N) is 7. The number of carbonyl (C=O) groups excluding carboxylic acids is 8. The highest BCUT2D eigenvalue weighted by molar-refractivity contribution is 5.98. The molecule has 12 N–H and O–H groups in total. The van der Waals surface area contributed by atoms with Crippen LogP contribution in [0, 0.1) is 11.8 Å². The van der Waals surface area contributed by atoms with Gasteiger partial charge in [0.1, 0.15) is 42.0 Å². The molecule has 18 heteroatoms. The second-order valence-electron chi connectivity index (χ2n) is 15.1. The van der Waals surface area contributed by atoms with Gasteiger partial charge in [-0.1, -0.05) is 70.2 Å². The number of hydrogen-bond acceptors (Lipinski definition) is 10. The highest BCUT2D eigenvalue weighted by atomic mass is 16.3. The third-order valence-corrected chi connectivity index (χ3v) is 9.56. The van der Waals surface area contributed by atoms with Crippen molar-refractivity contribution in [2.75, 3.05) is 6.54 Å². The van der Waals surface area contributed by atoms with Crippen LogP contribution in [0.2, 0.25) is 0 Å². The van der Waals surface area contributed by atoms with Gasteiger partial charge >= 0.3 is 0 Å². The zero-order valence-corrected chi connectivity index (χ0v) is 33.5. The summed E-state index contributed by atoms with van der Waals surface area (Å²) in [5.74, 6) is -6.82. The van der Waals surface area contributed by atoms with Crippen molar-refractivity contribution in [3.63, 3.8) is 0 Å². The Bertz CT molecular complexity index is 1770. The van der Waals surface area contributed by atoms with E-state index in [0.29, 0.717) is 11.1 Å². The summed E-state index contributed by atoms with van der Waals surface area (Å²) in [5.41, 5.74) is 13.0. The second kappa shape index (κ2) is 22.0. The number of hydrogen-bond donors (Lipinski definition) is 10. The average Bonchev–Trinajstić information content (AvgIpc) is 3.16. The van der Waals surface area contributed by atoms with Crippen molar-refractivity contribution >= 4 is 47.3 Å². The Kier molecular flexibility index (Phi) is 17.6. The molecule has 1 saturated heterocycles. The molecule has 0 bridgehead atoms. The van der Waals surface area contributed by atoms with E-state index in [2.05, 4.69) is 37.2 Å². The molecule has 18 nitrogen and oxygen atoms in total. The topological polar surface area (TPSA) is 293 Å². The van der Waals surface area contributed by atoms with Crippen LogP contribution in [0.1, 0.15) is 65.0 Å². The van der Waals surface area contributed by atoms with Gasteiger partial charge in [-0.05, 0) is 61.3 Å². The van der Waals surface area contributed by atoms with Crippen molar-refractivity contribution in [2.45, 2.75) is 109 Å². The predicted octanol–water partition coefficient (Wildman–Crippen LogP) is -1.47. The van der Waals surface area contributed by atoms with Crippen LogP contribution in [0.25, 0.3) is 0 Å². The van der Waals surface area contributed by atoms with Crippen molar-refractivity contribution in [3.05, 3.63) is 65.7 Å². The monoisotopic (exact) mass is 807 g/mol. The molecule has 0 radical (unpaired) electrons. The van der Waals surface area contributed by atoms with E-state index in [9.17, 15) is 43.5 Å².